The van der Waals surface area contributed by atoms with Gasteiger partial charge in [0.15, 0.2) is 0 Å². The number of fused-ring (bicyclic) bond motifs is 1. The van der Waals surface area contributed by atoms with Crippen molar-refractivity contribution in [2.45, 2.75) is 12.8 Å². The molecule has 0 radical (unpaired) electrons. The molecular weight excluding hydrogens is 353 g/mol. The van der Waals surface area contributed by atoms with Gasteiger partial charge in [-0.2, -0.15) is 0 Å². The predicted octanol–water partition coefficient (Wildman–Crippen LogP) is 2.92. The largest absolute Gasteiger partial charge is 0.469 e. The zero-order chi connectivity index (χ0) is 15.7. The van der Waals surface area contributed by atoms with Crippen molar-refractivity contribution < 1.29 is 13.9 Å². The Morgan fingerprint density at radius 1 is 1.45 bits per heavy atom. The van der Waals surface area contributed by atoms with Crippen LogP contribution in [0.1, 0.15) is 12.8 Å². The van der Waals surface area contributed by atoms with Crippen LogP contribution in [-0.2, 0) is 9.53 Å². The summed E-state index contributed by atoms with van der Waals surface area (Å²) < 4.78 is 19.5. The van der Waals surface area contributed by atoms with Crippen LogP contribution in [0, 0.1) is 11.7 Å². The van der Waals surface area contributed by atoms with Crippen LogP contribution in [0.2, 0.25) is 0 Å². The Morgan fingerprint density at radius 2 is 2.27 bits per heavy atom. The number of methoxy groups -OCH3 is 1. The molecule has 1 atom stereocenters. The summed E-state index contributed by atoms with van der Waals surface area (Å²) in [7, 11) is 1.40. The fourth-order valence-electron chi connectivity index (χ4n) is 2.85. The van der Waals surface area contributed by atoms with Crippen molar-refractivity contribution in [2.24, 2.45) is 5.92 Å². The Balaban J connectivity index is 2.03. The minimum atomic E-state index is -0.386. The van der Waals surface area contributed by atoms with E-state index < -0.39 is 0 Å². The van der Waals surface area contributed by atoms with Crippen LogP contribution in [0.25, 0.3) is 10.9 Å². The molecule has 7 heteroatoms. The lowest BCUT2D eigenvalue weighted by molar-refractivity contribution is -0.145. The molecule has 0 spiro atoms. The van der Waals surface area contributed by atoms with E-state index in [0.717, 1.165) is 23.9 Å². The Labute approximate surface area is 135 Å². The van der Waals surface area contributed by atoms with Gasteiger partial charge in [-0.05, 0) is 40.9 Å². The van der Waals surface area contributed by atoms with Gasteiger partial charge in [0.05, 0.1) is 18.4 Å². The maximum atomic E-state index is 14.0. The average molecular weight is 368 g/mol. The molecule has 2 aromatic rings. The molecule has 1 unspecified atom stereocenters. The van der Waals surface area contributed by atoms with Gasteiger partial charge in [0, 0.05) is 17.6 Å². The van der Waals surface area contributed by atoms with Crippen LogP contribution in [-0.4, -0.2) is 36.1 Å². The molecule has 0 saturated carbocycles. The quantitative estimate of drug-likeness (QED) is 0.763. The van der Waals surface area contributed by atoms with Crippen LogP contribution in [0.15, 0.2) is 22.9 Å². The standard InChI is InChI=1S/C15H15BrFN3O2/c1-22-15(21)9-3-2-6-20(7-9)14-12-10(16)4-5-11(17)13(12)18-8-19-14/h4-5,8-9H,2-3,6-7H2,1H3. The van der Waals surface area contributed by atoms with E-state index in [4.69, 9.17) is 4.74 Å². The summed E-state index contributed by atoms with van der Waals surface area (Å²) in [6.07, 6.45) is 3.01. The van der Waals surface area contributed by atoms with E-state index in [1.165, 1.54) is 19.5 Å². The summed E-state index contributed by atoms with van der Waals surface area (Å²) in [5, 5.41) is 0.632. The number of halogens is 2. The molecule has 1 fully saturated rings. The van der Waals surface area contributed by atoms with Gasteiger partial charge in [-0.1, -0.05) is 0 Å². The summed E-state index contributed by atoms with van der Waals surface area (Å²) in [5.41, 5.74) is 0.277. The third-order valence-corrected chi connectivity index (χ3v) is 4.58. The first-order valence-corrected chi connectivity index (χ1v) is 7.82. The molecule has 0 aliphatic carbocycles. The van der Waals surface area contributed by atoms with Gasteiger partial charge in [-0.15, -0.1) is 0 Å². The molecule has 0 amide bonds. The number of aromatic nitrogens is 2. The van der Waals surface area contributed by atoms with E-state index in [1.54, 1.807) is 6.07 Å². The van der Waals surface area contributed by atoms with E-state index in [2.05, 4.69) is 25.9 Å². The number of benzene rings is 1. The second-order valence-corrected chi connectivity index (χ2v) is 6.11. The fraction of sp³-hybridized carbons (Fsp3) is 0.400. The summed E-state index contributed by atoms with van der Waals surface area (Å²) in [6.45, 7) is 1.28. The molecule has 0 bridgehead atoms. The van der Waals surface area contributed by atoms with Crippen LogP contribution in [0.3, 0.4) is 0 Å². The first kappa shape index (κ1) is 15.1. The number of ether oxygens (including phenoxy) is 1. The maximum Gasteiger partial charge on any atom is 0.310 e. The van der Waals surface area contributed by atoms with Gasteiger partial charge in [0.1, 0.15) is 23.5 Å². The zero-order valence-electron chi connectivity index (χ0n) is 12.1. The van der Waals surface area contributed by atoms with E-state index in [0.29, 0.717) is 17.7 Å². The van der Waals surface area contributed by atoms with Crippen LogP contribution < -0.4 is 4.90 Å². The van der Waals surface area contributed by atoms with Crippen molar-refractivity contribution in [2.75, 3.05) is 25.1 Å². The second-order valence-electron chi connectivity index (χ2n) is 5.26. The first-order valence-electron chi connectivity index (χ1n) is 7.03. The molecule has 1 aliphatic rings. The molecule has 1 aliphatic heterocycles. The molecule has 2 heterocycles. The highest BCUT2D eigenvalue weighted by molar-refractivity contribution is 9.10. The molecule has 3 rings (SSSR count). The summed E-state index contributed by atoms with van der Waals surface area (Å²) in [4.78, 5) is 22.1. The number of hydrogen-bond acceptors (Lipinski definition) is 5. The van der Waals surface area contributed by atoms with Crippen molar-refractivity contribution in [3.05, 3.63) is 28.7 Å². The van der Waals surface area contributed by atoms with Gasteiger partial charge < -0.3 is 9.64 Å². The van der Waals surface area contributed by atoms with Crippen molar-refractivity contribution in [1.29, 1.82) is 0 Å². The number of anilines is 1. The van der Waals surface area contributed by atoms with Crippen molar-refractivity contribution >= 4 is 38.6 Å². The monoisotopic (exact) mass is 367 g/mol. The third-order valence-electron chi connectivity index (χ3n) is 3.92. The Hall–Kier alpha value is -1.76. The molecule has 22 heavy (non-hydrogen) atoms. The topological polar surface area (TPSA) is 55.3 Å². The summed E-state index contributed by atoms with van der Waals surface area (Å²) in [5.74, 6) is -0.141. The number of carbonyl (C=O) groups is 1. The number of esters is 1. The van der Waals surface area contributed by atoms with Crippen molar-refractivity contribution in [1.82, 2.24) is 9.97 Å². The lowest BCUT2D eigenvalue weighted by Gasteiger charge is -2.32. The van der Waals surface area contributed by atoms with Crippen molar-refractivity contribution in [3.63, 3.8) is 0 Å². The Kier molecular flexibility index (Phi) is 4.24. The lowest BCUT2D eigenvalue weighted by Crippen LogP contribution is -2.39. The van der Waals surface area contributed by atoms with Crippen LogP contribution >= 0.6 is 15.9 Å². The highest BCUT2D eigenvalue weighted by Gasteiger charge is 2.28. The van der Waals surface area contributed by atoms with Gasteiger partial charge >= 0.3 is 5.97 Å². The Morgan fingerprint density at radius 3 is 3.05 bits per heavy atom. The van der Waals surface area contributed by atoms with Gasteiger partial charge in [-0.25, -0.2) is 14.4 Å². The van der Waals surface area contributed by atoms with Gasteiger partial charge in [0.25, 0.3) is 0 Å². The zero-order valence-corrected chi connectivity index (χ0v) is 13.6. The molecule has 116 valence electrons. The number of carbonyl (C=O) groups excluding carboxylic acids is 1. The first-order chi connectivity index (χ1) is 10.6. The van der Waals surface area contributed by atoms with E-state index >= 15 is 0 Å². The second kappa shape index (κ2) is 6.16. The number of nitrogens with zero attached hydrogens (tertiary/aromatic N) is 3. The summed E-state index contributed by atoms with van der Waals surface area (Å²) >= 11 is 3.44. The Bertz CT molecular complexity index is 725. The third kappa shape index (κ3) is 2.65. The number of piperidine rings is 1. The fourth-order valence-corrected chi connectivity index (χ4v) is 3.35. The summed E-state index contributed by atoms with van der Waals surface area (Å²) in [6, 6.07) is 3.02. The lowest BCUT2D eigenvalue weighted by atomic mass is 9.98. The van der Waals surface area contributed by atoms with Gasteiger partial charge in [0.2, 0.25) is 0 Å². The van der Waals surface area contributed by atoms with Crippen LogP contribution in [0.5, 0.6) is 0 Å². The SMILES string of the molecule is COC(=O)C1CCCN(c2ncnc3c(F)ccc(Br)c23)C1. The highest BCUT2D eigenvalue weighted by atomic mass is 79.9. The molecule has 1 aromatic heterocycles. The average Bonchev–Trinajstić information content (AvgIpc) is 2.57. The van der Waals surface area contributed by atoms with Crippen molar-refractivity contribution in [3.8, 4) is 0 Å². The molecule has 0 N–H and O–H groups in total. The smallest absolute Gasteiger partial charge is 0.310 e. The van der Waals surface area contributed by atoms with Gasteiger partial charge in [-0.3, -0.25) is 4.79 Å². The van der Waals surface area contributed by atoms with E-state index in [-0.39, 0.29) is 23.2 Å². The number of hydrogen-bond donors (Lipinski definition) is 0. The van der Waals surface area contributed by atoms with E-state index in [1.807, 2.05) is 4.90 Å². The minimum Gasteiger partial charge on any atom is -0.469 e. The predicted molar refractivity (Wildman–Crippen MR) is 84.1 cm³/mol. The highest BCUT2D eigenvalue weighted by Crippen LogP contribution is 2.33. The molecule has 5 nitrogen and oxygen atoms in total. The number of rotatable bonds is 2. The normalized spacial score (nSPS) is 18.5. The molecular formula is C15H15BrFN3O2. The molecule has 1 aromatic carbocycles. The van der Waals surface area contributed by atoms with Crippen LogP contribution in [0.4, 0.5) is 10.2 Å². The van der Waals surface area contributed by atoms with E-state index in [9.17, 15) is 9.18 Å². The maximum absolute atomic E-state index is 14.0. The molecule has 1 saturated heterocycles. The minimum absolute atomic E-state index is 0.184.